The van der Waals surface area contributed by atoms with Gasteiger partial charge < -0.3 is 31.2 Å². The molecule has 0 saturated carbocycles. The van der Waals surface area contributed by atoms with Crippen LogP contribution in [0.2, 0.25) is 0 Å². The van der Waals surface area contributed by atoms with Crippen LogP contribution in [0.1, 0.15) is 25.5 Å². The van der Waals surface area contributed by atoms with Gasteiger partial charge in [0.15, 0.2) is 27.5 Å². The van der Waals surface area contributed by atoms with E-state index in [1.807, 2.05) is 4.90 Å². The number of ether oxygens (including phenoxy) is 2. The molecule has 6 atom stereocenters. The molecule has 0 bridgehead atoms. The molecular weight excluding hydrogens is 482 g/mol. The highest BCUT2D eigenvalue weighted by molar-refractivity contribution is 7.92. The van der Waals surface area contributed by atoms with Crippen molar-refractivity contribution in [1.82, 2.24) is 24.4 Å². The van der Waals surface area contributed by atoms with Gasteiger partial charge in [0, 0.05) is 19.6 Å². The van der Waals surface area contributed by atoms with E-state index in [0.717, 1.165) is 0 Å². The Kier molecular flexibility index (Phi) is 7.54. The van der Waals surface area contributed by atoms with Gasteiger partial charge in [0.25, 0.3) is 0 Å². The fraction of sp³-hybridized carbons (Fsp3) is 0.700. The first-order valence-electron chi connectivity index (χ1n) is 11.4. The van der Waals surface area contributed by atoms with Gasteiger partial charge in [0.05, 0.1) is 30.5 Å². The van der Waals surface area contributed by atoms with Crippen molar-refractivity contribution in [2.75, 3.05) is 38.2 Å². The molecule has 6 N–H and O–H groups in total. The van der Waals surface area contributed by atoms with E-state index in [2.05, 4.69) is 15.0 Å². The zero-order valence-corrected chi connectivity index (χ0v) is 20.1. The highest BCUT2D eigenvalue weighted by Crippen LogP contribution is 2.34. The van der Waals surface area contributed by atoms with Crippen molar-refractivity contribution in [3.05, 3.63) is 12.7 Å². The molecule has 2 aliphatic heterocycles. The average molecular weight is 514 g/mol. The van der Waals surface area contributed by atoms with E-state index < -0.39 is 51.6 Å². The third kappa shape index (κ3) is 4.96. The Bertz CT molecular complexity index is 1160. The summed E-state index contributed by atoms with van der Waals surface area (Å²) in [7, 11) is -2.36. The number of hydrogen-bond donors (Lipinski definition) is 4. The fourth-order valence-electron chi connectivity index (χ4n) is 4.82. The van der Waals surface area contributed by atoms with Crippen molar-refractivity contribution >= 4 is 32.8 Å². The van der Waals surface area contributed by atoms with Crippen LogP contribution in [0.5, 0.6) is 0 Å². The van der Waals surface area contributed by atoms with Crippen LogP contribution in [-0.4, -0.2) is 111 Å². The normalized spacial score (nSPS) is 30.1. The zero-order valence-electron chi connectivity index (χ0n) is 19.3. The zero-order chi connectivity index (χ0) is 25.3. The van der Waals surface area contributed by atoms with Gasteiger partial charge in [-0.2, -0.15) is 0 Å². The molecule has 0 amide bonds. The predicted octanol–water partition coefficient (Wildman–Crippen LogP) is -2.20. The molecule has 14 nitrogen and oxygen atoms in total. The van der Waals surface area contributed by atoms with Crippen LogP contribution in [-0.2, 0) is 24.1 Å². The lowest BCUT2D eigenvalue weighted by molar-refractivity contribution is -0.148. The number of fused-ring (bicyclic) bond motifs is 1. The molecule has 2 fully saturated rings. The van der Waals surface area contributed by atoms with Crippen LogP contribution >= 0.6 is 0 Å². The van der Waals surface area contributed by atoms with E-state index >= 15 is 0 Å². The molecule has 35 heavy (non-hydrogen) atoms. The SMILES string of the molecule is COC(=O)C1CC(S(=O)(=O)CC[C@H]2O[C@@H](n3cnc4c(N)ncnc43)[C@@H](O)C2O)CCN1CCN. The van der Waals surface area contributed by atoms with Gasteiger partial charge in [-0.15, -0.1) is 0 Å². The van der Waals surface area contributed by atoms with Crippen molar-refractivity contribution in [3.63, 3.8) is 0 Å². The molecule has 2 aromatic rings. The summed E-state index contributed by atoms with van der Waals surface area (Å²) in [5, 5.41) is 20.4. The quantitative estimate of drug-likeness (QED) is 0.276. The summed E-state index contributed by atoms with van der Waals surface area (Å²) >= 11 is 0. The number of imidazole rings is 1. The van der Waals surface area contributed by atoms with Crippen LogP contribution in [0, 0.1) is 0 Å². The maximum atomic E-state index is 13.1. The topological polar surface area (TPSA) is 209 Å². The number of likely N-dealkylation sites (tertiary alicyclic amines) is 1. The smallest absolute Gasteiger partial charge is 0.323 e. The molecule has 4 heterocycles. The van der Waals surface area contributed by atoms with Crippen LogP contribution < -0.4 is 11.5 Å². The van der Waals surface area contributed by atoms with Crippen molar-refractivity contribution in [2.24, 2.45) is 5.73 Å². The molecule has 2 aromatic heterocycles. The Balaban J connectivity index is 1.43. The Morgan fingerprint density at radius 3 is 2.77 bits per heavy atom. The first-order chi connectivity index (χ1) is 16.7. The summed E-state index contributed by atoms with van der Waals surface area (Å²) < 4.78 is 38.4. The summed E-state index contributed by atoms with van der Waals surface area (Å²) in [4.78, 5) is 26.2. The van der Waals surface area contributed by atoms with Gasteiger partial charge in [-0.25, -0.2) is 23.4 Å². The Morgan fingerprint density at radius 2 is 2.06 bits per heavy atom. The maximum Gasteiger partial charge on any atom is 0.323 e. The van der Waals surface area contributed by atoms with Gasteiger partial charge in [0.2, 0.25) is 0 Å². The van der Waals surface area contributed by atoms with Crippen molar-refractivity contribution in [3.8, 4) is 0 Å². The molecule has 4 rings (SSSR count). The highest BCUT2D eigenvalue weighted by Gasteiger charge is 2.45. The first kappa shape index (κ1) is 25.7. The molecule has 2 aliphatic rings. The second-order valence-electron chi connectivity index (χ2n) is 8.79. The number of carbonyl (C=O) groups is 1. The Morgan fingerprint density at radius 1 is 1.29 bits per heavy atom. The number of nitrogens with two attached hydrogens (primary N) is 2. The average Bonchev–Trinajstić information content (AvgIpc) is 3.39. The minimum Gasteiger partial charge on any atom is -0.468 e. The third-order valence-electron chi connectivity index (χ3n) is 6.75. The van der Waals surface area contributed by atoms with Crippen LogP contribution in [0.3, 0.4) is 0 Å². The second-order valence-corrected chi connectivity index (χ2v) is 11.2. The number of hydrogen-bond acceptors (Lipinski definition) is 13. The number of nitrogen functional groups attached to an aromatic ring is 1. The van der Waals surface area contributed by atoms with Crippen molar-refractivity contribution < 1.29 is 32.9 Å². The summed E-state index contributed by atoms with van der Waals surface area (Å²) in [6, 6.07) is -0.680. The number of aliphatic hydroxyl groups is 2. The van der Waals surface area contributed by atoms with Gasteiger partial charge >= 0.3 is 5.97 Å². The molecular formula is C20H31N7O7S. The fourth-order valence-corrected chi connectivity index (χ4v) is 6.66. The molecule has 0 radical (unpaired) electrons. The number of sulfone groups is 1. The number of aliphatic hydroxyl groups excluding tert-OH is 2. The van der Waals surface area contributed by atoms with Crippen LogP contribution in [0.15, 0.2) is 12.7 Å². The largest absolute Gasteiger partial charge is 0.468 e. The second kappa shape index (κ2) is 10.3. The minimum absolute atomic E-state index is 0.0350. The standard InChI is InChI=1S/C20H31N7O7S/c1-33-20(30)12-8-11(2-5-26(12)6-4-21)35(31,32)7-3-13-15(28)16(29)19(34-13)27-10-25-14-17(22)23-9-24-18(14)27/h9-13,15-16,19,28-29H,2-8,21H2,1H3,(H2,22,23,24)/t11?,12?,13-,15?,16+,19-/m1/s1. The Labute approximate surface area is 202 Å². The summed E-state index contributed by atoms with van der Waals surface area (Å²) in [6.45, 7) is 1.21. The number of rotatable bonds is 8. The van der Waals surface area contributed by atoms with E-state index in [4.69, 9.17) is 20.9 Å². The first-order valence-corrected chi connectivity index (χ1v) is 13.1. The van der Waals surface area contributed by atoms with Gasteiger partial charge in [-0.1, -0.05) is 0 Å². The van der Waals surface area contributed by atoms with E-state index in [9.17, 15) is 23.4 Å². The van der Waals surface area contributed by atoms with Gasteiger partial charge in [-0.3, -0.25) is 14.3 Å². The van der Waals surface area contributed by atoms with Crippen molar-refractivity contribution in [2.45, 2.75) is 55.1 Å². The van der Waals surface area contributed by atoms with Gasteiger partial charge in [0.1, 0.15) is 30.1 Å². The predicted molar refractivity (Wildman–Crippen MR) is 124 cm³/mol. The lowest BCUT2D eigenvalue weighted by Gasteiger charge is -2.37. The summed E-state index contributed by atoms with van der Waals surface area (Å²) in [5.41, 5.74) is 12.1. The van der Waals surface area contributed by atoms with E-state index in [1.54, 1.807) is 0 Å². The monoisotopic (exact) mass is 513 g/mol. The maximum absolute atomic E-state index is 13.1. The van der Waals surface area contributed by atoms with E-state index in [1.165, 1.54) is 24.3 Å². The lowest BCUT2D eigenvalue weighted by atomic mass is 10.0. The Hall–Kier alpha value is -2.43. The van der Waals surface area contributed by atoms with Crippen LogP contribution in [0.25, 0.3) is 11.2 Å². The number of nitrogens with zero attached hydrogens (tertiary/aromatic N) is 5. The number of methoxy groups -OCH3 is 1. The number of piperidine rings is 1. The highest BCUT2D eigenvalue weighted by atomic mass is 32.2. The molecule has 0 aromatic carbocycles. The number of esters is 1. The van der Waals surface area contributed by atoms with Gasteiger partial charge in [-0.05, 0) is 19.3 Å². The summed E-state index contributed by atoms with van der Waals surface area (Å²) in [5.74, 6) is -0.605. The van der Waals surface area contributed by atoms with E-state index in [-0.39, 0.29) is 24.4 Å². The third-order valence-corrected chi connectivity index (χ3v) is 9.00. The molecule has 0 aliphatic carbocycles. The number of aromatic nitrogens is 4. The minimum atomic E-state index is -3.63. The number of carbonyl (C=O) groups excluding carboxylic acids is 1. The lowest BCUT2D eigenvalue weighted by Crippen LogP contribution is -2.52. The molecule has 194 valence electrons. The van der Waals surface area contributed by atoms with E-state index in [0.29, 0.717) is 37.2 Å². The van der Waals surface area contributed by atoms with Crippen LogP contribution in [0.4, 0.5) is 5.82 Å². The molecule has 3 unspecified atom stereocenters. The van der Waals surface area contributed by atoms with Crippen molar-refractivity contribution in [1.29, 1.82) is 0 Å². The molecule has 2 saturated heterocycles. The number of anilines is 1. The molecule has 15 heteroatoms. The summed E-state index contributed by atoms with van der Waals surface area (Å²) in [6.07, 6.45) is -1.56. The molecule has 0 spiro atoms.